The number of aryl methyl sites for hydroxylation is 1. The van der Waals surface area contributed by atoms with Gasteiger partial charge in [0, 0.05) is 13.0 Å². The van der Waals surface area contributed by atoms with Crippen LogP contribution >= 0.6 is 0 Å². The van der Waals surface area contributed by atoms with Crippen LogP contribution in [0.1, 0.15) is 39.5 Å². The molecule has 0 bridgehead atoms. The van der Waals surface area contributed by atoms with Crippen LogP contribution in [0.4, 0.5) is 5.95 Å². The van der Waals surface area contributed by atoms with Crippen molar-refractivity contribution in [3.05, 3.63) is 5.89 Å². The highest BCUT2D eigenvalue weighted by Gasteiger charge is 2.36. The van der Waals surface area contributed by atoms with E-state index in [1.807, 2.05) is 14.0 Å². The smallest absolute Gasteiger partial charge is 0.272 e. The van der Waals surface area contributed by atoms with E-state index in [9.17, 15) is 4.79 Å². The van der Waals surface area contributed by atoms with Gasteiger partial charge >= 0.3 is 0 Å². The minimum absolute atomic E-state index is 0.0246. The van der Waals surface area contributed by atoms with Gasteiger partial charge in [-0.1, -0.05) is 20.8 Å². The van der Waals surface area contributed by atoms with Gasteiger partial charge in [0.05, 0.1) is 6.04 Å². The fourth-order valence-electron chi connectivity index (χ4n) is 2.37. The molecule has 6 nitrogen and oxygen atoms in total. The van der Waals surface area contributed by atoms with E-state index in [0.29, 0.717) is 24.8 Å². The van der Waals surface area contributed by atoms with Crippen molar-refractivity contribution in [3.63, 3.8) is 0 Å². The van der Waals surface area contributed by atoms with E-state index in [2.05, 4.69) is 29.3 Å². The second kappa shape index (κ2) is 5.28. The monoisotopic (exact) mass is 266 g/mol. The molecule has 19 heavy (non-hydrogen) atoms. The number of hydrogen-bond donors (Lipinski definition) is 1. The predicted molar refractivity (Wildman–Crippen MR) is 71.9 cm³/mol. The Morgan fingerprint density at radius 3 is 2.84 bits per heavy atom. The highest BCUT2D eigenvalue weighted by atomic mass is 16.5. The van der Waals surface area contributed by atoms with Crippen molar-refractivity contribution >= 4 is 11.9 Å². The molecular weight excluding hydrogens is 244 g/mol. The molecule has 0 aliphatic carbocycles. The summed E-state index contributed by atoms with van der Waals surface area (Å²) >= 11 is 0. The zero-order valence-electron chi connectivity index (χ0n) is 12.1. The lowest BCUT2D eigenvalue weighted by Crippen LogP contribution is -2.45. The minimum Gasteiger partial charge on any atom is -0.337 e. The molecule has 2 rings (SSSR count). The van der Waals surface area contributed by atoms with E-state index in [0.717, 1.165) is 12.8 Å². The van der Waals surface area contributed by atoms with E-state index in [1.54, 1.807) is 4.90 Å². The molecule has 1 atom stereocenters. The van der Waals surface area contributed by atoms with Crippen molar-refractivity contribution in [3.8, 4) is 0 Å². The summed E-state index contributed by atoms with van der Waals surface area (Å²) in [6.45, 7) is 6.88. The lowest BCUT2D eigenvalue weighted by Gasteiger charge is -2.27. The van der Waals surface area contributed by atoms with Gasteiger partial charge in [-0.15, -0.1) is 0 Å². The number of carbonyl (C=O) groups is 1. The molecule has 1 fully saturated rings. The average Bonchev–Trinajstić information content (AvgIpc) is 2.80. The van der Waals surface area contributed by atoms with Gasteiger partial charge in [0.1, 0.15) is 0 Å². The number of likely N-dealkylation sites (N-methyl/N-ethyl adjacent to an activating group) is 1. The molecule has 0 spiro atoms. The van der Waals surface area contributed by atoms with Crippen LogP contribution in [0.5, 0.6) is 0 Å². The Bertz CT molecular complexity index is 455. The molecule has 2 heterocycles. The summed E-state index contributed by atoms with van der Waals surface area (Å²) in [5.74, 6) is 0.972. The molecule has 106 valence electrons. The second-order valence-electron chi connectivity index (χ2n) is 5.81. The normalized spacial score (nSPS) is 23.5. The topological polar surface area (TPSA) is 71.3 Å². The third kappa shape index (κ3) is 2.94. The summed E-state index contributed by atoms with van der Waals surface area (Å²) in [6.07, 6.45) is 2.49. The third-order valence-corrected chi connectivity index (χ3v) is 3.61. The Morgan fingerprint density at radius 1 is 1.53 bits per heavy atom. The second-order valence-corrected chi connectivity index (χ2v) is 5.81. The molecular formula is C13H22N4O2. The van der Waals surface area contributed by atoms with Crippen molar-refractivity contribution in [2.24, 2.45) is 5.41 Å². The Hall–Kier alpha value is -1.43. The summed E-state index contributed by atoms with van der Waals surface area (Å²) in [5, 5.41) is 7.00. The Kier molecular flexibility index (Phi) is 3.89. The molecule has 0 radical (unpaired) electrons. The lowest BCUT2D eigenvalue weighted by atomic mass is 9.87. The molecule has 0 saturated carbocycles. The molecule has 1 aromatic rings. The van der Waals surface area contributed by atoms with Crippen LogP contribution in [0, 0.1) is 5.41 Å². The number of amides is 1. The number of carbonyl (C=O) groups excluding carboxylic acids is 1. The molecule has 1 unspecified atom stereocenters. The molecule has 1 saturated heterocycles. The maximum absolute atomic E-state index is 12.5. The van der Waals surface area contributed by atoms with Gasteiger partial charge in [-0.05, 0) is 30.5 Å². The van der Waals surface area contributed by atoms with Crippen molar-refractivity contribution in [1.82, 2.24) is 15.5 Å². The quantitative estimate of drug-likeness (QED) is 0.894. The minimum atomic E-state index is -0.176. The van der Waals surface area contributed by atoms with Gasteiger partial charge in [-0.2, -0.15) is 4.98 Å². The van der Waals surface area contributed by atoms with Crippen LogP contribution < -0.4 is 10.2 Å². The number of nitrogens with zero attached hydrogens (tertiary/aromatic N) is 3. The fraction of sp³-hybridized carbons (Fsp3) is 0.769. The number of hydrogen-bond acceptors (Lipinski definition) is 5. The van der Waals surface area contributed by atoms with E-state index in [-0.39, 0.29) is 17.4 Å². The van der Waals surface area contributed by atoms with Gasteiger partial charge in [0.25, 0.3) is 5.95 Å². The highest BCUT2D eigenvalue weighted by molar-refractivity contribution is 5.96. The first kappa shape index (κ1) is 14.0. The van der Waals surface area contributed by atoms with Crippen LogP contribution in [0.15, 0.2) is 4.52 Å². The standard InChI is InChI=1S/C13H22N4O2/c1-5-10-15-12(16-19-10)17-8-13(2,3)7-6-9(14-4)11(17)18/h9,14H,5-8H2,1-4H3. The number of aromatic nitrogens is 2. The van der Waals surface area contributed by atoms with Gasteiger partial charge in [-0.25, -0.2) is 0 Å². The molecule has 1 aliphatic rings. The molecule has 1 N–H and O–H groups in total. The summed E-state index contributed by atoms with van der Waals surface area (Å²) in [6, 6.07) is -0.176. The first-order valence-electron chi connectivity index (χ1n) is 6.78. The van der Waals surface area contributed by atoms with Gasteiger partial charge in [0.15, 0.2) is 0 Å². The average molecular weight is 266 g/mol. The molecule has 6 heteroatoms. The summed E-state index contributed by atoms with van der Waals surface area (Å²) in [5.41, 5.74) is 0.0499. The predicted octanol–water partition coefficient (Wildman–Crippen LogP) is 1.37. The van der Waals surface area contributed by atoms with Crippen LogP contribution in [0.3, 0.4) is 0 Å². The van der Waals surface area contributed by atoms with E-state index >= 15 is 0 Å². The van der Waals surface area contributed by atoms with Gasteiger partial charge in [0.2, 0.25) is 11.8 Å². The molecule has 1 aliphatic heterocycles. The van der Waals surface area contributed by atoms with Crippen molar-refractivity contribution in [1.29, 1.82) is 0 Å². The SMILES string of the molecule is CCc1nc(N2CC(C)(C)CCC(NC)C2=O)no1. The molecule has 1 aromatic heterocycles. The third-order valence-electron chi connectivity index (χ3n) is 3.61. The Labute approximate surface area is 113 Å². The van der Waals surface area contributed by atoms with E-state index in [4.69, 9.17) is 4.52 Å². The Morgan fingerprint density at radius 2 is 2.26 bits per heavy atom. The summed E-state index contributed by atoms with van der Waals surface area (Å²) in [4.78, 5) is 18.4. The lowest BCUT2D eigenvalue weighted by molar-refractivity contribution is -0.120. The maximum Gasteiger partial charge on any atom is 0.272 e. The van der Waals surface area contributed by atoms with Crippen LogP contribution in [0.2, 0.25) is 0 Å². The zero-order chi connectivity index (χ0) is 14.0. The molecule has 0 aromatic carbocycles. The van der Waals surface area contributed by atoms with E-state index < -0.39 is 0 Å². The Balaban J connectivity index is 2.30. The van der Waals surface area contributed by atoms with Gasteiger partial charge < -0.3 is 9.84 Å². The summed E-state index contributed by atoms with van der Waals surface area (Å²) < 4.78 is 5.12. The van der Waals surface area contributed by atoms with Crippen molar-refractivity contribution < 1.29 is 9.32 Å². The maximum atomic E-state index is 12.5. The van der Waals surface area contributed by atoms with Crippen LogP contribution in [-0.4, -0.2) is 35.7 Å². The number of anilines is 1. The van der Waals surface area contributed by atoms with E-state index in [1.165, 1.54) is 0 Å². The fourth-order valence-corrected chi connectivity index (χ4v) is 2.37. The largest absolute Gasteiger partial charge is 0.337 e. The number of rotatable bonds is 3. The van der Waals surface area contributed by atoms with Crippen molar-refractivity contribution in [2.75, 3.05) is 18.5 Å². The van der Waals surface area contributed by atoms with Crippen LogP contribution in [-0.2, 0) is 11.2 Å². The molecule has 1 amide bonds. The van der Waals surface area contributed by atoms with Crippen LogP contribution in [0.25, 0.3) is 0 Å². The summed E-state index contributed by atoms with van der Waals surface area (Å²) in [7, 11) is 1.81. The zero-order valence-corrected chi connectivity index (χ0v) is 12.1. The first-order chi connectivity index (χ1) is 8.96. The highest BCUT2D eigenvalue weighted by Crippen LogP contribution is 2.30. The first-order valence-corrected chi connectivity index (χ1v) is 6.78. The van der Waals surface area contributed by atoms with Gasteiger partial charge in [-0.3, -0.25) is 9.69 Å². The number of nitrogens with one attached hydrogen (secondary N) is 1. The van der Waals surface area contributed by atoms with Crippen molar-refractivity contribution in [2.45, 2.75) is 46.1 Å².